The standard InChI is InChI=1S/C11H12ClN3O2/c12-8-1-2-14-9(4-8)6-15-5-7(11(13)17)3-10(15)16/h1-2,4,7H,3,5-6H2,(H2,13,17). The van der Waals surface area contributed by atoms with Gasteiger partial charge in [0.15, 0.2) is 0 Å². The second-order valence-electron chi connectivity index (χ2n) is 4.04. The van der Waals surface area contributed by atoms with E-state index in [1.807, 2.05) is 0 Å². The van der Waals surface area contributed by atoms with Crippen molar-refractivity contribution in [1.82, 2.24) is 9.88 Å². The molecule has 1 aromatic rings. The summed E-state index contributed by atoms with van der Waals surface area (Å²) >= 11 is 5.83. The highest BCUT2D eigenvalue weighted by Crippen LogP contribution is 2.20. The maximum absolute atomic E-state index is 11.6. The molecule has 1 aromatic heterocycles. The van der Waals surface area contributed by atoms with Crippen LogP contribution in [0.4, 0.5) is 0 Å². The molecule has 2 rings (SSSR count). The quantitative estimate of drug-likeness (QED) is 0.856. The molecule has 1 unspecified atom stereocenters. The zero-order chi connectivity index (χ0) is 12.4. The average molecular weight is 254 g/mol. The maximum atomic E-state index is 11.6. The Hall–Kier alpha value is -1.62. The predicted molar refractivity (Wildman–Crippen MR) is 62.0 cm³/mol. The minimum absolute atomic E-state index is 0.0735. The molecule has 0 aliphatic carbocycles. The lowest BCUT2D eigenvalue weighted by molar-refractivity contribution is -0.128. The van der Waals surface area contributed by atoms with Crippen LogP contribution in [0.1, 0.15) is 12.1 Å². The van der Waals surface area contributed by atoms with Crippen molar-refractivity contribution in [3.05, 3.63) is 29.0 Å². The normalized spacial score (nSPS) is 19.7. The fourth-order valence-electron chi connectivity index (χ4n) is 1.85. The summed E-state index contributed by atoms with van der Waals surface area (Å²) in [6, 6.07) is 3.37. The van der Waals surface area contributed by atoms with Crippen LogP contribution in [0, 0.1) is 5.92 Å². The van der Waals surface area contributed by atoms with Crippen molar-refractivity contribution in [2.75, 3.05) is 6.54 Å². The highest BCUT2D eigenvalue weighted by Gasteiger charge is 2.33. The molecule has 0 radical (unpaired) electrons. The van der Waals surface area contributed by atoms with Crippen molar-refractivity contribution >= 4 is 23.4 Å². The van der Waals surface area contributed by atoms with Crippen LogP contribution in [0.2, 0.25) is 5.02 Å². The minimum atomic E-state index is -0.431. The van der Waals surface area contributed by atoms with E-state index in [1.54, 1.807) is 23.2 Å². The van der Waals surface area contributed by atoms with Crippen LogP contribution >= 0.6 is 11.6 Å². The molecule has 2 amide bonds. The number of halogens is 1. The molecule has 1 fully saturated rings. The zero-order valence-electron chi connectivity index (χ0n) is 9.10. The number of nitrogens with zero attached hydrogens (tertiary/aromatic N) is 2. The number of pyridine rings is 1. The SMILES string of the molecule is NC(=O)C1CC(=O)N(Cc2cc(Cl)ccn2)C1. The minimum Gasteiger partial charge on any atom is -0.369 e. The molecule has 2 N–H and O–H groups in total. The summed E-state index contributed by atoms with van der Waals surface area (Å²) < 4.78 is 0. The van der Waals surface area contributed by atoms with E-state index < -0.39 is 5.91 Å². The molecule has 5 nitrogen and oxygen atoms in total. The van der Waals surface area contributed by atoms with Crippen LogP contribution in [0.15, 0.2) is 18.3 Å². The average Bonchev–Trinajstić information content (AvgIpc) is 2.61. The smallest absolute Gasteiger partial charge is 0.223 e. The van der Waals surface area contributed by atoms with Gasteiger partial charge in [-0.05, 0) is 12.1 Å². The Morgan fingerprint density at radius 2 is 2.41 bits per heavy atom. The van der Waals surface area contributed by atoms with E-state index in [1.165, 1.54) is 0 Å². The fraction of sp³-hybridized carbons (Fsp3) is 0.364. The molecule has 6 heteroatoms. The first kappa shape index (κ1) is 11.9. The summed E-state index contributed by atoms with van der Waals surface area (Å²) in [5, 5.41) is 0.577. The molecule has 1 aliphatic heterocycles. The number of nitrogens with two attached hydrogens (primary N) is 1. The van der Waals surface area contributed by atoms with Gasteiger partial charge in [-0.1, -0.05) is 11.6 Å². The lowest BCUT2D eigenvalue weighted by atomic mass is 10.1. The Balaban J connectivity index is 2.05. The van der Waals surface area contributed by atoms with Crippen LogP contribution in [0.25, 0.3) is 0 Å². The zero-order valence-corrected chi connectivity index (χ0v) is 9.85. The molecule has 0 spiro atoms. The monoisotopic (exact) mass is 253 g/mol. The third-order valence-corrected chi connectivity index (χ3v) is 2.98. The van der Waals surface area contributed by atoms with E-state index in [2.05, 4.69) is 4.98 Å². The first-order valence-corrected chi connectivity index (χ1v) is 5.61. The molecule has 1 aliphatic rings. The van der Waals surface area contributed by atoms with Crippen molar-refractivity contribution in [2.24, 2.45) is 11.7 Å². The van der Waals surface area contributed by atoms with E-state index in [0.717, 1.165) is 0 Å². The first-order chi connectivity index (χ1) is 8.06. The topological polar surface area (TPSA) is 76.3 Å². The fourth-order valence-corrected chi connectivity index (χ4v) is 2.03. The van der Waals surface area contributed by atoms with Crippen LogP contribution in [-0.4, -0.2) is 28.2 Å². The van der Waals surface area contributed by atoms with Gasteiger partial charge in [0.2, 0.25) is 11.8 Å². The first-order valence-electron chi connectivity index (χ1n) is 5.24. The number of amides is 2. The Labute approximate surface area is 104 Å². The van der Waals surface area contributed by atoms with Crippen LogP contribution in [-0.2, 0) is 16.1 Å². The second kappa shape index (κ2) is 4.71. The van der Waals surface area contributed by atoms with Crippen LogP contribution < -0.4 is 5.73 Å². The third kappa shape index (κ3) is 2.74. The number of carbonyl (C=O) groups is 2. The highest BCUT2D eigenvalue weighted by molar-refractivity contribution is 6.30. The molecule has 0 saturated carbocycles. The van der Waals surface area contributed by atoms with Crippen molar-refractivity contribution in [1.29, 1.82) is 0 Å². The lowest BCUT2D eigenvalue weighted by Crippen LogP contribution is -2.28. The van der Waals surface area contributed by atoms with E-state index in [4.69, 9.17) is 17.3 Å². The van der Waals surface area contributed by atoms with Crippen molar-refractivity contribution in [3.8, 4) is 0 Å². The van der Waals surface area contributed by atoms with Gasteiger partial charge in [0.25, 0.3) is 0 Å². The van der Waals surface area contributed by atoms with Crippen LogP contribution in [0.5, 0.6) is 0 Å². The predicted octanol–water partition coefficient (Wildman–Crippen LogP) is 0.569. The summed E-state index contributed by atoms with van der Waals surface area (Å²) in [7, 11) is 0. The van der Waals surface area contributed by atoms with Crippen molar-refractivity contribution in [2.45, 2.75) is 13.0 Å². The molecule has 0 bridgehead atoms. The van der Waals surface area contributed by atoms with E-state index in [0.29, 0.717) is 23.8 Å². The number of aromatic nitrogens is 1. The number of hydrogen-bond acceptors (Lipinski definition) is 3. The van der Waals surface area contributed by atoms with E-state index in [9.17, 15) is 9.59 Å². The summed E-state index contributed by atoms with van der Waals surface area (Å²) in [6.07, 6.45) is 1.78. The third-order valence-electron chi connectivity index (χ3n) is 2.75. The number of primary amides is 1. The molecule has 1 atom stereocenters. The summed E-state index contributed by atoms with van der Waals surface area (Å²) in [4.78, 5) is 28.3. The Kier molecular flexibility index (Phi) is 3.28. The van der Waals surface area contributed by atoms with Gasteiger partial charge in [0, 0.05) is 24.2 Å². The van der Waals surface area contributed by atoms with Gasteiger partial charge in [0.05, 0.1) is 18.2 Å². The van der Waals surface area contributed by atoms with Gasteiger partial charge in [-0.2, -0.15) is 0 Å². The van der Waals surface area contributed by atoms with Crippen molar-refractivity contribution < 1.29 is 9.59 Å². The molecule has 1 saturated heterocycles. The lowest BCUT2D eigenvalue weighted by Gasteiger charge is -2.15. The number of rotatable bonds is 3. The van der Waals surface area contributed by atoms with Gasteiger partial charge in [-0.25, -0.2) is 0 Å². The van der Waals surface area contributed by atoms with Crippen molar-refractivity contribution in [3.63, 3.8) is 0 Å². The molecule has 90 valence electrons. The Morgan fingerprint density at radius 3 is 3.00 bits per heavy atom. The van der Waals surface area contributed by atoms with Gasteiger partial charge >= 0.3 is 0 Å². The van der Waals surface area contributed by atoms with Gasteiger partial charge in [0.1, 0.15) is 0 Å². The number of carbonyl (C=O) groups excluding carboxylic acids is 2. The summed E-state index contributed by atoms with van der Waals surface area (Å²) in [5.41, 5.74) is 5.89. The van der Waals surface area contributed by atoms with Gasteiger partial charge < -0.3 is 10.6 Å². The molecule has 2 heterocycles. The number of likely N-dealkylation sites (tertiary alicyclic amines) is 1. The summed E-state index contributed by atoms with van der Waals surface area (Å²) in [5.74, 6) is -0.892. The maximum Gasteiger partial charge on any atom is 0.223 e. The molecule has 0 aromatic carbocycles. The molecule has 17 heavy (non-hydrogen) atoms. The second-order valence-corrected chi connectivity index (χ2v) is 4.48. The van der Waals surface area contributed by atoms with Gasteiger partial charge in [-0.3, -0.25) is 14.6 Å². The summed E-state index contributed by atoms with van der Waals surface area (Å²) in [6.45, 7) is 0.728. The number of hydrogen-bond donors (Lipinski definition) is 1. The highest BCUT2D eigenvalue weighted by atomic mass is 35.5. The Morgan fingerprint density at radius 1 is 1.65 bits per heavy atom. The van der Waals surface area contributed by atoms with E-state index >= 15 is 0 Å². The van der Waals surface area contributed by atoms with E-state index in [-0.39, 0.29) is 18.2 Å². The molecular weight excluding hydrogens is 242 g/mol. The Bertz CT molecular complexity index is 464. The van der Waals surface area contributed by atoms with Crippen LogP contribution in [0.3, 0.4) is 0 Å². The molecular formula is C11H12ClN3O2. The van der Waals surface area contributed by atoms with Gasteiger partial charge in [-0.15, -0.1) is 0 Å². The largest absolute Gasteiger partial charge is 0.369 e.